The highest BCUT2D eigenvalue weighted by Gasteiger charge is 2.20. The van der Waals surface area contributed by atoms with Crippen molar-refractivity contribution in [3.8, 4) is 0 Å². The quantitative estimate of drug-likeness (QED) is 0.877. The fourth-order valence-corrected chi connectivity index (χ4v) is 2.19. The molecule has 0 heterocycles. The Labute approximate surface area is 124 Å². The molecule has 2 aromatic rings. The molecule has 2 N–H and O–H groups in total. The molecule has 0 atom stereocenters. The molecule has 0 aromatic heterocycles. The second-order valence-electron chi connectivity index (χ2n) is 5.64. The molecule has 2 aromatic carbocycles. The number of urea groups is 1. The van der Waals surface area contributed by atoms with Crippen LogP contribution in [0, 0.1) is 5.82 Å². The van der Waals surface area contributed by atoms with Gasteiger partial charge >= 0.3 is 6.03 Å². The van der Waals surface area contributed by atoms with Crippen LogP contribution in [0.3, 0.4) is 0 Å². The number of amides is 2. The molecule has 0 radical (unpaired) electrons. The van der Waals surface area contributed by atoms with Crippen molar-refractivity contribution in [2.45, 2.75) is 25.8 Å². The second kappa shape index (κ2) is 6.39. The Bertz CT molecular complexity index is 611. The van der Waals surface area contributed by atoms with Crippen LogP contribution in [0.15, 0.2) is 54.6 Å². The van der Waals surface area contributed by atoms with E-state index in [1.54, 1.807) is 12.1 Å². The molecule has 0 spiro atoms. The molecule has 2 amide bonds. The number of rotatable bonds is 4. The van der Waals surface area contributed by atoms with Crippen LogP contribution in [0.5, 0.6) is 0 Å². The Balaban J connectivity index is 1.95. The predicted octanol–water partition coefficient (Wildman–Crippen LogP) is 3.97. The van der Waals surface area contributed by atoms with E-state index in [9.17, 15) is 9.18 Å². The zero-order valence-corrected chi connectivity index (χ0v) is 12.2. The second-order valence-corrected chi connectivity index (χ2v) is 5.64. The lowest BCUT2D eigenvalue weighted by Gasteiger charge is -2.26. The van der Waals surface area contributed by atoms with E-state index < -0.39 is 5.54 Å². The maximum atomic E-state index is 13.1. The van der Waals surface area contributed by atoms with Gasteiger partial charge in [-0.05, 0) is 44.0 Å². The van der Waals surface area contributed by atoms with E-state index in [1.165, 1.54) is 12.1 Å². The van der Waals surface area contributed by atoms with Crippen LogP contribution in [0.1, 0.15) is 19.4 Å². The highest BCUT2D eigenvalue weighted by Crippen LogP contribution is 2.14. The summed E-state index contributed by atoms with van der Waals surface area (Å²) in [5.74, 6) is -0.378. The van der Waals surface area contributed by atoms with Gasteiger partial charge in [0, 0.05) is 11.2 Å². The summed E-state index contributed by atoms with van der Waals surface area (Å²) in [4.78, 5) is 12.0. The summed E-state index contributed by atoms with van der Waals surface area (Å²) >= 11 is 0. The van der Waals surface area contributed by atoms with Gasteiger partial charge < -0.3 is 10.6 Å². The Morgan fingerprint density at radius 1 is 1.10 bits per heavy atom. The predicted molar refractivity (Wildman–Crippen MR) is 82.8 cm³/mol. The summed E-state index contributed by atoms with van der Waals surface area (Å²) in [5, 5.41) is 5.53. The molecule has 0 bridgehead atoms. The highest BCUT2D eigenvalue weighted by molar-refractivity contribution is 5.89. The summed E-state index contributed by atoms with van der Waals surface area (Å²) in [6.07, 6.45) is 0.713. The third-order valence-corrected chi connectivity index (χ3v) is 3.02. The number of hydrogen-bond donors (Lipinski definition) is 2. The van der Waals surface area contributed by atoms with Gasteiger partial charge in [-0.2, -0.15) is 0 Å². The minimum absolute atomic E-state index is 0.346. The van der Waals surface area contributed by atoms with Gasteiger partial charge in [0.2, 0.25) is 0 Å². The largest absolute Gasteiger partial charge is 0.333 e. The Morgan fingerprint density at radius 2 is 1.81 bits per heavy atom. The van der Waals surface area contributed by atoms with E-state index in [4.69, 9.17) is 0 Å². The fourth-order valence-electron chi connectivity index (χ4n) is 2.19. The van der Waals surface area contributed by atoms with Crippen LogP contribution >= 0.6 is 0 Å². The molecule has 0 aliphatic carbocycles. The third kappa shape index (κ3) is 4.91. The molecule has 0 aliphatic rings. The molecule has 3 nitrogen and oxygen atoms in total. The number of halogens is 1. The molecule has 0 unspecified atom stereocenters. The van der Waals surface area contributed by atoms with Crippen LogP contribution < -0.4 is 10.6 Å². The van der Waals surface area contributed by atoms with Gasteiger partial charge in [0.05, 0.1) is 0 Å². The van der Waals surface area contributed by atoms with Gasteiger partial charge in [-0.3, -0.25) is 0 Å². The van der Waals surface area contributed by atoms with Crippen molar-refractivity contribution in [3.63, 3.8) is 0 Å². The molecule has 21 heavy (non-hydrogen) atoms. The van der Waals surface area contributed by atoms with Gasteiger partial charge in [0.1, 0.15) is 5.82 Å². The molecule has 4 heteroatoms. The zero-order chi connectivity index (χ0) is 15.3. The van der Waals surface area contributed by atoms with Crippen molar-refractivity contribution in [2.24, 2.45) is 0 Å². The normalized spacial score (nSPS) is 11.0. The highest BCUT2D eigenvalue weighted by atomic mass is 19.1. The van der Waals surface area contributed by atoms with Crippen molar-refractivity contribution in [1.82, 2.24) is 5.32 Å². The monoisotopic (exact) mass is 286 g/mol. The van der Waals surface area contributed by atoms with Gasteiger partial charge in [-0.15, -0.1) is 0 Å². The van der Waals surface area contributed by atoms with Gasteiger partial charge in [0.25, 0.3) is 0 Å². The SMILES string of the molecule is CC(C)(Cc1ccccc1)NC(=O)Nc1cccc(F)c1. The molecule has 0 aliphatic heterocycles. The summed E-state index contributed by atoms with van der Waals surface area (Å²) < 4.78 is 13.1. The maximum absolute atomic E-state index is 13.1. The topological polar surface area (TPSA) is 41.1 Å². The van der Waals surface area contributed by atoms with Gasteiger partial charge in [-0.25, -0.2) is 9.18 Å². The molecule has 0 saturated heterocycles. The van der Waals surface area contributed by atoms with Crippen molar-refractivity contribution in [1.29, 1.82) is 0 Å². The van der Waals surface area contributed by atoms with Crippen LogP contribution in [0.2, 0.25) is 0 Å². The summed E-state index contributed by atoms with van der Waals surface area (Å²) in [5.41, 5.74) is 1.18. The number of benzene rings is 2. The first kappa shape index (κ1) is 15.0. The smallest absolute Gasteiger partial charge is 0.319 e. The third-order valence-electron chi connectivity index (χ3n) is 3.02. The molecule has 2 rings (SSSR count). The summed E-state index contributed by atoms with van der Waals surface area (Å²) in [7, 11) is 0. The average Bonchev–Trinajstić information content (AvgIpc) is 2.38. The van der Waals surface area contributed by atoms with Crippen LogP contribution in [0.25, 0.3) is 0 Å². The number of nitrogens with one attached hydrogen (secondary N) is 2. The summed E-state index contributed by atoms with van der Waals surface area (Å²) in [6.45, 7) is 3.90. The van der Waals surface area contributed by atoms with E-state index in [0.29, 0.717) is 12.1 Å². The van der Waals surface area contributed by atoms with E-state index in [1.807, 2.05) is 44.2 Å². The van der Waals surface area contributed by atoms with Gasteiger partial charge in [-0.1, -0.05) is 36.4 Å². The Kier molecular flexibility index (Phi) is 4.58. The molecular weight excluding hydrogens is 267 g/mol. The number of hydrogen-bond acceptors (Lipinski definition) is 1. The number of anilines is 1. The molecule has 0 saturated carbocycles. The molecule has 110 valence electrons. The van der Waals surface area contributed by atoms with Crippen LogP contribution in [-0.4, -0.2) is 11.6 Å². The first-order valence-electron chi connectivity index (χ1n) is 6.83. The van der Waals surface area contributed by atoms with Crippen molar-refractivity contribution in [3.05, 3.63) is 66.0 Å². The first-order valence-corrected chi connectivity index (χ1v) is 6.83. The Hall–Kier alpha value is -2.36. The lowest BCUT2D eigenvalue weighted by Crippen LogP contribution is -2.47. The maximum Gasteiger partial charge on any atom is 0.319 e. The molecular formula is C17H19FN2O. The summed E-state index contributed by atoms with van der Waals surface area (Å²) in [6, 6.07) is 15.4. The zero-order valence-electron chi connectivity index (χ0n) is 12.2. The fraction of sp³-hybridized carbons (Fsp3) is 0.235. The molecule has 0 fully saturated rings. The average molecular weight is 286 g/mol. The van der Waals surface area contributed by atoms with Crippen LogP contribution in [-0.2, 0) is 6.42 Å². The van der Waals surface area contributed by atoms with E-state index in [2.05, 4.69) is 10.6 Å². The van der Waals surface area contributed by atoms with Crippen molar-refractivity contribution >= 4 is 11.7 Å². The minimum atomic E-state index is -0.404. The van der Waals surface area contributed by atoms with Crippen molar-refractivity contribution in [2.75, 3.05) is 5.32 Å². The lowest BCUT2D eigenvalue weighted by atomic mass is 9.95. The minimum Gasteiger partial charge on any atom is -0.333 e. The van der Waals surface area contributed by atoms with E-state index in [-0.39, 0.29) is 11.8 Å². The number of carbonyl (C=O) groups excluding carboxylic acids is 1. The van der Waals surface area contributed by atoms with Crippen LogP contribution in [0.4, 0.5) is 14.9 Å². The van der Waals surface area contributed by atoms with Gasteiger partial charge in [0.15, 0.2) is 0 Å². The Morgan fingerprint density at radius 3 is 2.48 bits per heavy atom. The van der Waals surface area contributed by atoms with E-state index in [0.717, 1.165) is 5.56 Å². The number of carbonyl (C=O) groups is 1. The van der Waals surface area contributed by atoms with E-state index >= 15 is 0 Å². The van der Waals surface area contributed by atoms with Crippen molar-refractivity contribution < 1.29 is 9.18 Å². The lowest BCUT2D eigenvalue weighted by molar-refractivity contribution is 0.241. The standard InChI is InChI=1S/C17H19FN2O/c1-17(2,12-13-7-4-3-5-8-13)20-16(21)19-15-10-6-9-14(18)11-15/h3-11H,12H2,1-2H3,(H2,19,20,21). The first-order chi connectivity index (χ1) is 9.94.